The van der Waals surface area contributed by atoms with Gasteiger partial charge >= 0.3 is 0 Å². The van der Waals surface area contributed by atoms with Gasteiger partial charge in [-0.05, 0) is 37.9 Å². The molecule has 2 heteroatoms. The third-order valence-corrected chi connectivity index (χ3v) is 3.41. The summed E-state index contributed by atoms with van der Waals surface area (Å²) in [5, 5.41) is 0. The smallest absolute Gasteiger partial charge is 0.119 e. The van der Waals surface area contributed by atoms with Crippen molar-refractivity contribution in [3.63, 3.8) is 0 Å². The molecule has 0 unspecified atom stereocenters. The molecule has 94 valence electrons. The Morgan fingerprint density at radius 2 is 1.88 bits per heavy atom. The molecule has 1 aliphatic rings. The molecule has 0 radical (unpaired) electrons. The predicted molar refractivity (Wildman–Crippen MR) is 71.4 cm³/mol. The van der Waals surface area contributed by atoms with Crippen molar-refractivity contribution in [2.24, 2.45) is 0 Å². The van der Waals surface area contributed by atoms with Crippen LogP contribution in [0.4, 0.5) is 0 Å². The van der Waals surface area contributed by atoms with Gasteiger partial charge in [-0.3, -0.25) is 0 Å². The molecular weight excluding hydrogens is 210 g/mol. The van der Waals surface area contributed by atoms with Crippen molar-refractivity contribution in [1.29, 1.82) is 0 Å². The first-order valence-electron chi connectivity index (χ1n) is 6.82. The molecule has 2 rings (SSSR count). The fourth-order valence-corrected chi connectivity index (χ4v) is 2.32. The lowest BCUT2D eigenvalue weighted by atomic mass is 10.1. The van der Waals surface area contributed by atoms with Gasteiger partial charge in [-0.15, -0.1) is 0 Å². The van der Waals surface area contributed by atoms with E-state index in [0.29, 0.717) is 6.10 Å². The minimum atomic E-state index is 0.412. The molecule has 0 amide bonds. The van der Waals surface area contributed by atoms with Gasteiger partial charge < -0.3 is 9.64 Å². The van der Waals surface area contributed by atoms with Gasteiger partial charge in [0, 0.05) is 13.1 Å². The largest absolute Gasteiger partial charge is 0.490 e. The van der Waals surface area contributed by atoms with E-state index in [9.17, 15) is 0 Å². The van der Waals surface area contributed by atoms with E-state index in [4.69, 9.17) is 4.74 Å². The molecule has 0 spiro atoms. The van der Waals surface area contributed by atoms with Crippen molar-refractivity contribution in [1.82, 2.24) is 4.90 Å². The molecule has 0 bridgehead atoms. The molecule has 0 aliphatic carbocycles. The number of hydrogen-bond donors (Lipinski definition) is 0. The second kappa shape index (κ2) is 6.65. The van der Waals surface area contributed by atoms with Gasteiger partial charge in [0.25, 0.3) is 0 Å². The van der Waals surface area contributed by atoms with Gasteiger partial charge in [-0.2, -0.15) is 0 Å². The van der Waals surface area contributed by atoms with E-state index in [2.05, 4.69) is 11.8 Å². The van der Waals surface area contributed by atoms with Gasteiger partial charge in [-0.25, -0.2) is 0 Å². The number of para-hydroxylation sites is 1. The number of likely N-dealkylation sites (tertiary alicyclic amines) is 1. The summed E-state index contributed by atoms with van der Waals surface area (Å²) < 4.78 is 5.98. The molecule has 0 N–H and O–H groups in total. The molecule has 0 saturated carbocycles. The first-order valence-corrected chi connectivity index (χ1v) is 6.82. The Kier molecular flexibility index (Phi) is 4.87. The van der Waals surface area contributed by atoms with Crippen LogP contribution >= 0.6 is 0 Å². The molecule has 2 nitrogen and oxygen atoms in total. The Morgan fingerprint density at radius 1 is 1.18 bits per heavy atom. The zero-order chi connectivity index (χ0) is 11.9. The molecule has 1 saturated heterocycles. The molecule has 1 aliphatic heterocycles. The maximum Gasteiger partial charge on any atom is 0.119 e. The van der Waals surface area contributed by atoms with Gasteiger partial charge in [0.2, 0.25) is 0 Å². The normalized spacial score (nSPS) is 18.2. The number of benzene rings is 1. The summed E-state index contributed by atoms with van der Waals surface area (Å²) in [6, 6.07) is 10.2. The highest BCUT2D eigenvalue weighted by Crippen LogP contribution is 2.18. The van der Waals surface area contributed by atoms with Crippen LogP contribution in [0.15, 0.2) is 30.3 Å². The molecule has 1 heterocycles. The predicted octanol–water partition coefficient (Wildman–Crippen LogP) is 3.33. The summed E-state index contributed by atoms with van der Waals surface area (Å²) >= 11 is 0. The monoisotopic (exact) mass is 233 g/mol. The van der Waals surface area contributed by atoms with Crippen LogP contribution in [-0.4, -0.2) is 30.6 Å². The zero-order valence-corrected chi connectivity index (χ0v) is 10.8. The third kappa shape index (κ3) is 4.04. The highest BCUT2D eigenvalue weighted by molar-refractivity contribution is 5.21. The van der Waals surface area contributed by atoms with E-state index < -0.39 is 0 Å². The lowest BCUT2D eigenvalue weighted by Crippen LogP contribution is -2.38. The summed E-state index contributed by atoms with van der Waals surface area (Å²) in [6.07, 6.45) is 5.36. The molecule has 1 aromatic carbocycles. The second-order valence-electron chi connectivity index (χ2n) is 4.83. The summed E-state index contributed by atoms with van der Waals surface area (Å²) in [7, 11) is 0. The van der Waals surface area contributed by atoms with Gasteiger partial charge in [0.1, 0.15) is 11.9 Å². The van der Waals surface area contributed by atoms with Crippen molar-refractivity contribution in [3.8, 4) is 5.75 Å². The summed E-state index contributed by atoms with van der Waals surface area (Å²) in [6.45, 7) is 5.90. The molecular formula is C15H23NO. The van der Waals surface area contributed by atoms with Crippen LogP contribution in [0.1, 0.15) is 32.6 Å². The van der Waals surface area contributed by atoms with Crippen LogP contribution < -0.4 is 4.74 Å². The van der Waals surface area contributed by atoms with Crippen LogP contribution in [0.5, 0.6) is 5.75 Å². The summed E-state index contributed by atoms with van der Waals surface area (Å²) in [5.41, 5.74) is 0. The standard InChI is InChI=1S/C15H23NO/c1-2-3-11-16-12-9-15(10-13-16)17-14-7-5-4-6-8-14/h4-8,15H,2-3,9-13H2,1H3. The third-order valence-electron chi connectivity index (χ3n) is 3.41. The zero-order valence-electron chi connectivity index (χ0n) is 10.8. The molecule has 17 heavy (non-hydrogen) atoms. The van der Waals surface area contributed by atoms with E-state index in [1.807, 2.05) is 30.3 Å². The van der Waals surface area contributed by atoms with Gasteiger partial charge in [-0.1, -0.05) is 31.5 Å². The number of hydrogen-bond acceptors (Lipinski definition) is 2. The summed E-state index contributed by atoms with van der Waals surface area (Å²) in [5.74, 6) is 1.01. The van der Waals surface area contributed by atoms with E-state index in [1.165, 1.54) is 45.3 Å². The maximum atomic E-state index is 5.98. The number of nitrogens with zero attached hydrogens (tertiary/aromatic N) is 1. The Bertz CT molecular complexity index is 304. The van der Waals surface area contributed by atoms with Crippen molar-refractivity contribution in [2.75, 3.05) is 19.6 Å². The summed E-state index contributed by atoms with van der Waals surface area (Å²) in [4.78, 5) is 2.56. The number of unbranched alkanes of at least 4 members (excludes halogenated alkanes) is 1. The maximum absolute atomic E-state index is 5.98. The van der Waals surface area contributed by atoms with Crippen LogP contribution in [0, 0.1) is 0 Å². The fraction of sp³-hybridized carbons (Fsp3) is 0.600. The van der Waals surface area contributed by atoms with Crippen LogP contribution in [0.25, 0.3) is 0 Å². The van der Waals surface area contributed by atoms with Crippen molar-refractivity contribution in [2.45, 2.75) is 38.7 Å². The Balaban J connectivity index is 1.72. The van der Waals surface area contributed by atoms with Crippen molar-refractivity contribution >= 4 is 0 Å². The SMILES string of the molecule is CCCCN1CCC(Oc2ccccc2)CC1. The quantitative estimate of drug-likeness (QED) is 0.773. The van der Waals surface area contributed by atoms with Crippen LogP contribution in [-0.2, 0) is 0 Å². The average molecular weight is 233 g/mol. The van der Waals surface area contributed by atoms with Crippen LogP contribution in [0.2, 0.25) is 0 Å². The van der Waals surface area contributed by atoms with Crippen LogP contribution in [0.3, 0.4) is 0 Å². The molecule has 1 fully saturated rings. The van der Waals surface area contributed by atoms with Gasteiger partial charge in [0.15, 0.2) is 0 Å². The first kappa shape index (κ1) is 12.4. The number of ether oxygens (including phenoxy) is 1. The lowest BCUT2D eigenvalue weighted by molar-refractivity contribution is 0.0998. The highest BCUT2D eigenvalue weighted by atomic mass is 16.5. The minimum Gasteiger partial charge on any atom is -0.490 e. The molecule has 1 aromatic rings. The fourth-order valence-electron chi connectivity index (χ4n) is 2.32. The van der Waals surface area contributed by atoms with Gasteiger partial charge in [0.05, 0.1) is 0 Å². The van der Waals surface area contributed by atoms with Crippen molar-refractivity contribution in [3.05, 3.63) is 30.3 Å². The lowest BCUT2D eigenvalue weighted by Gasteiger charge is -2.32. The van der Waals surface area contributed by atoms with E-state index in [-0.39, 0.29) is 0 Å². The minimum absolute atomic E-state index is 0.412. The van der Waals surface area contributed by atoms with E-state index in [0.717, 1.165) is 5.75 Å². The second-order valence-corrected chi connectivity index (χ2v) is 4.83. The van der Waals surface area contributed by atoms with E-state index >= 15 is 0 Å². The Hall–Kier alpha value is -1.02. The first-order chi connectivity index (χ1) is 8.38. The average Bonchev–Trinajstić information content (AvgIpc) is 2.39. The Labute approximate surface area is 105 Å². The highest BCUT2D eigenvalue weighted by Gasteiger charge is 2.19. The van der Waals surface area contributed by atoms with Crippen molar-refractivity contribution < 1.29 is 4.74 Å². The number of rotatable bonds is 5. The number of piperidine rings is 1. The molecule has 0 atom stereocenters. The topological polar surface area (TPSA) is 12.5 Å². The Morgan fingerprint density at radius 3 is 2.53 bits per heavy atom. The molecule has 0 aromatic heterocycles. The van der Waals surface area contributed by atoms with E-state index in [1.54, 1.807) is 0 Å².